The van der Waals surface area contributed by atoms with Gasteiger partial charge in [-0.25, -0.2) is 9.59 Å². The number of carbonyl (C=O) groups excluding carboxylic acids is 1. The van der Waals surface area contributed by atoms with Crippen LogP contribution in [0.4, 0.5) is 0 Å². The minimum absolute atomic E-state index is 0.0441. The number of aliphatic carboxylic acids is 1. The lowest BCUT2D eigenvalue weighted by atomic mass is 9.83. The molecule has 1 saturated carbocycles. The zero-order chi connectivity index (χ0) is 34.2. The molecule has 1 aliphatic carbocycles. The third-order valence-corrected chi connectivity index (χ3v) is 8.51. The zero-order valence-electron chi connectivity index (χ0n) is 26.1. The van der Waals surface area contributed by atoms with Gasteiger partial charge in [-0.1, -0.05) is 18.2 Å². The second kappa shape index (κ2) is 16.4. The first-order chi connectivity index (χ1) is 22.5. The first kappa shape index (κ1) is 36.1. The van der Waals surface area contributed by atoms with Gasteiger partial charge in [0.15, 0.2) is 12.2 Å². The molecule has 260 valence electrons. The molecule has 0 unspecified atom stereocenters. The van der Waals surface area contributed by atoms with Crippen molar-refractivity contribution in [3.05, 3.63) is 59.7 Å². The van der Waals surface area contributed by atoms with E-state index in [0.717, 1.165) is 25.7 Å². The number of hydrogen-bond donors (Lipinski definition) is 8. The first-order valence-electron chi connectivity index (χ1n) is 15.4. The van der Waals surface area contributed by atoms with Crippen molar-refractivity contribution < 1.29 is 59.2 Å². The maximum Gasteiger partial charge on any atom is 0.339 e. The van der Waals surface area contributed by atoms with E-state index in [2.05, 4.69) is 16.9 Å². The average molecular weight is 665 g/mol. The highest BCUT2D eigenvalue weighted by Crippen LogP contribution is 2.37. The Morgan fingerprint density at radius 1 is 1.17 bits per heavy atom. The molecule has 2 fully saturated rings. The van der Waals surface area contributed by atoms with Crippen molar-refractivity contribution in [3.8, 4) is 0 Å². The van der Waals surface area contributed by atoms with Gasteiger partial charge in [-0.05, 0) is 31.3 Å². The van der Waals surface area contributed by atoms with Crippen LogP contribution in [0.15, 0.2) is 64.7 Å². The largest absolute Gasteiger partial charge is 0.478 e. The molecule has 4 aliphatic rings. The quantitative estimate of drug-likeness (QED) is 0.0516. The molecule has 16 heteroatoms. The predicted molar refractivity (Wildman–Crippen MR) is 165 cm³/mol. The van der Waals surface area contributed by atoms with Crippen LogP contribution in [0.25, 0.3) is 0 Å². The van der Waals surface area contributed by atoms with E-state index in [-0.39, 0.29) is 48.6 Å². The highest BCUT2D eigenvalue weighted by atomic mass is 16.8. The molecule has 0 spiro atoms. The van der Waals surface area contributed by atoms with Crippen molar-refractivity contribution in [3.63, 3.8) is 0 Å². The van der Waals surface area contributed by atoms with E-state index in [1.165, 1.54) is 25.6 Å². The standard InChI is InChI=1S/C31H44N4O12/c1-3-18-19(9-8-16-12-35(10-11-36)13-20(27(41)42)23(16)34-31(32)33-2)21(28(43)45-17-6-4-5-7-17)15-44-29(18)47-30-26(40)25(39)24(38)22(14-37)46-30/h3,8-9,13,15,17-19,22,24-26,29-30,36-40H,1,4-7,10-12,14H2,2H3,(H,41,42)(H3,32,33,34)/b9-8+/t18-,19+,22-,24-,25+,26-,29+,30+/m1/s1. The van der Waals surface area contributed by atoms with Crippen LogP contribution in [0.2, 0.25) is 0 Å². The molecule has 3 aliphatic heterocycles. The van der Waals surface area contributed by atoms with Crippen LogP contribution >= 0.6 is 0 Å². The van der Waals surface area contributed by atoms with Crippen molar-refractivity contribution in [1.82, 2.24) is 10.2 Å². The first-order valence-corrected chi connectivity index (χ1v) is 15.4. The third-order valence-electron chi connectivity index (χ3n) is 8.51. The maximum absolute atomic E-state index is 13.5. The van der Waals surface area contributed by atoms with E-state index in [0.29, 0.717) is 5.57 Å². The summed E-state index contributed by atoms with van der Waals surface area (Å²) in [5.41, 5.74) is 6.49. The fraction of sp³-hybridized carbons (Fsp3) is 0.581. The molecule has 0 radical (unpaired) electrons. The third kappa shape index (κ3) is 8.39. The molecule has 0 aromatic carbocycles. The molecule has 0 bridgehead atoms. The Bertz CT molecular complexity index is 1300. The highest BCUT2D eigenvalue weighted by Gasteiger charge is 2.47. The summed E-state index contributed by atoms with van der Waals surface area (Å²) in [5, 5.41) is 63.0. The monoisotopic (exact) mass is 664 g/mol. The number of nitrogens with zero attached hydrogens (tertiary/aromatic N) is 2. The Kier molecular flexibility index (Phi) is 12.6. The Labute approximate surface area is 271 Å². The number of aliphatic imine (C=N–C) groups is 1. The summed E-state index contributed by atoms with van der Waals surface area (Å²) in [4.78, 5) is 31.2. The van der Waals surface area contributed by atoms with Crippen molar-refractivity contribution in [2.45, 2.75) is 68.8 Å². The highest BCUT2D eigenvalue weighted by molar-refractivity contribution is 5.95. The maximum atomic E-state index is 13.5. The fourth-order valence-corrected chi connectivity index (χ4v) is 5.91. The van der Waals surface area contributed by atoms with Crippen LogP contribution in [-0.2, 0) is 28.5 Å². The van der Waals surface area contributed by atoms with E-state index in [9.17, 15) is 40.2 Å². The summed E-state index contributed by atoms with van der Waals surface area (Å²) in [5.74, 6) is -3.59. The number of guanidine groups is 1. The number of nitrogens with two attached hydrogens (primary N) is 1. The molecule has 4 rings (SSSR count). The van der Waals surface area contributed by atoms with Crippen molar-refractivity contribution in [2.24, 2.45) is 22.6 Å². The number of allylic oxidation sites excluding steroid dienone is 1. The predicted octanol–water partition coefficient (Wildman–Crippen LogP) is -1.43. The number of carbonyl (C=O) groups is 2. The summed E-state index contributed by atoms with van der Waals surface area (Å²) < 4.78 is 23.0. The molecule has 16 nitrogen and oxygen atoms in total. The molecular weight excluding hydrogens is 620 g/mol. The van der Waals surface area contributed by atoms with Crippen LogP contribution in [0.5, 0.6) is 0 Å². The number of rotatable bonds is 12. The van der Waals surface area contributed by atoms with Gasteiger partial charge in [0, 0.05) is 32.3 Å². The van der Waals surface area contributed by atoms with Crippen LogP contribution in [0.3, 0.4) is 0 Å². The lowest BCUT2D eigenvalue weighted by Crippen LogP contribution is -2.60. The molecule has 8 atom stereocenters. The van der Waals surface area contributed by atoms with Crippen molar-refractivity contribution in [2.75, 3.05) is 33.4 Å². The SMILES string of the molecule is C=C[C@H]1[C@H](O[C@@H]2O[C@H](CO)[C@@H](O)[C@H](O)[C@H]2O)OC=C(C(=O)OC2CCCC2)[C@H]1/C=C/C1=C(NC(N)=NC)C(C(=O)O)=CN(CCO)C1. The average Bonchev–Trinajstić information content (AvgIpc) is 3.57. The van der Waals surface area contributed by atoms with E-state index >= 15 is 0 Å². The number of aliphatic hydroxyl groups is 5. The van der Waals surface area contributed by atoms with Crippen LogP contribution in [0, 0.1) is 11.8 Å². The van der Waals surface area contributed by atoms with E-state index in [1.807, 2.05) is 0 Å². The smallest absolute Gasteiger partial charge is 0.339 e. The number of esters is 1. The van der Waals surface area contributed by atoms with Gasteiger partial charge in [0.2, 0.25) is 6.29 Å². The topological polar surface area (TPSA) is 246 Å². The fourth-order valence-electron chi connectivity index (χ4n) is 5.91. The van der Waals surface area contributed by atoms with Crippen LogP contribution in [-0.4, -0.2) is 130 Å². The summed E-state index contributed by atoms with van der Waals surface area (Å²) >= 11 is 0. The molecule has 0 amide bonds. The van der Waals surface area contributed by atoms with E-state index in [1.54, 1.807) is 17.1 Å². The van der Waals surface area contributed by atoms with Gasteiger partial charge in [0.05, 0.1) is 42.2 Å². The number of ether oxygens (including phenoxy) is 4. The summed E-state index contributed by atoms with van der Waals surface area (Å²) in [6.45, 7) is 3.29. The van der Waals surface area contributed by atoms with Gasteiger partial charge in [-0.3, -0.25) is 4.99 Å². The number of carboxylic acid groups (broad SMARTS) is 1. The Hall–Kier alpha value is -3.77. The van der Waals surface area contributed by atoms with Gasteiger partial charge in [-0.2, -0.15) is 0 Å². The van der Waals surface area contributed by atoms with Gasteiger partial charge >= 0.3 is 11.9 Å². The molecule has 47 heavy (non-hydrogen) atoms. The second-order valence-electron chi connectivity index (χ2n) is 11.6. The van der Waals surface area contributed by atoms with Gasteiger partial charge < -0.3 is 65.5 Å². The molecule has 0 aromatic rings. The Morgan fingerprint density at radius 2 is 1.89 bits per heavy atom. The minimum Gasteiger partial charge on any atom is -0.478 e. The number of carboxylic acids is 1. The van der Waals surface area contributed by atoms with Crippen molar-refractivity contribution in [1.29, 1.82) is 0 Å². The summed E-state index contributed by atoms with van der Waals surface area (Å²) in [6, 6.07) is 0. The zero-order valence-corrected chi connectivity index (χ0v) is 26.1. The summed E-state index contributed by atoms with van der Waals surface area (Å²) in [7, 11) is 1.43. The normalized spacial score (nSPS) is 32.1. The Balaban J connectivity index is 1.72. The Morgan fingerprint density at radius 3 is 2.51 bits per heavy atom. The van der Waals surface area contributed by atoms with Gasteiger partial charge in [-0.15, -0.1) is 6.58 Å². The molecular formula is C31H44N4O12. The number of hydrogen-bond acceptors (Lipinski definition) is 13. The van der Waals surface area contributed by atoms with Crippen LogP contribution < -0.4 is 11.1 Å². The number of nitrogens with one attached hydrogen (secondary N) is 1. The molecule has 1 saturated heterocycles. The molecule has 9 N–H and O–H groups in total. The molecule has 0 aromatic heterocycles. The number of aliphatic hydroxyl groups excluding tert-OH is 5. The van der Waals surface area contributed by atoms with E-state index in [4.69, 9.17) is 24.7 Å². The lowest BCUT2D eigenvalue weighted by Gasteiger charge is -2.42. The molecule has 3 heterocycles. The lowest BCUT2D eigenvalue weighted by molar-refractivity contribution is -0.338. The van der Waals surface area contributed by atoms with Crippen molar-refractivity contribution >= 4 is 17.9 Å². The minimum atomic E-state index is -1.71. The second-order valence-corrected chi connectivity index (χ2v) is 11.6. The number of β-amino-alcohol motifs (C(OH)–C–C–N with tert-alkyl or cyclic N) is 1. The van der Waals surface area contributed by atoms with Crippen LogP contribution in [0.1, 0.15) is 25.7 Å². The summed E-state index contributed by atoms with van der Waals surface area (Å²) in [6.07, 6.45) is 1.32. The van der Waals surface area contributed by atoms with E-state index < -0.39 is 67.4 Å². The van der Waals surface area contributed by atoms with Gasteiger partial charge in [0.1, 0.15) is 30.5 Å². The van der Waals surface area contributed by atoms with Gasteiger partial charge in [0.25, 0.3) is 0 Å².